The highest BCUT2D eigenvalue weighted by Gasteiger charge is 2.19. The molecule has 1 unspecified atom stereocenters. The minimum absolute atomic E-state index is 0.0326. The molecule has 0 saturated carbocycles. The van der Waals surface area contributed by atoms with Crippen molar-refractivity contribution in [1.29, 1.82) is 0 Å². The lowest BCUT2D eigenvalue weighted by molar-refractivity contribution is 0.140. The standard InChI is InChI=1S/C12H16BrNO2/c1-8(14)11-6-9(13)2-3-12(11)16-10-4-5-15-7-10/h2-3,6,8,10H,4-5,7,14H2,1H3/t8-,10?/m1/s1. The van der Waals surface area contributed by atoms with Gasteiger partial charge < -0.3 is 15.2 Å². The molecular weight excluding hydrogens is 270 g/mol. The predicted octanol–water partition coefficient (Wildman–Crippen LogP) is 2.64. The zero-order valence-corrected chi connectivity index (χ0v) is 10.9. The minimum atomic E-state index is -0.0326. The van der Waals surface area contributed by atoms with E-state index in [0.29, 0.717) is 6.61 Å². The summed E-state index contributed by atoms with van der Waals surface area (Å²) in [6, 6.07) is 5.91. The Morgan fingerprint density at radius 2 is 2.38 bits per heavy atom. The number of nitrogens with two attached hydrogens (primary N) is 1. The molecule has 0 aromatic heterocycles. The van der Waals surface area contributed by atoms with E-state index in [-0.39, 0.29) is 12.1 Å². The average molecular weight is 286 g/mol. The normalized spacial score (nSPS) is 22.1. The number of ether oxygens (including phenoxy) is 2. The molecule has 2 rings (SSSR count). The van der Waals surface area contributed by atoms with Gasteiger partial charge in [0, 0.05) is 22.5 Å². The molecule has 1 fully saturated rings. The summed E-state index contributed by atoms with van der Waals surface area (Å²) in [5, 5.41) is 0. The van der Waals surface area contributed by atoms with Gasteiger partial charge in [-0.2, -0.15) is 0 Å². The van der Waals surface area contributed by atoms with Gasteiger partial charge in [-0.15, -0.1) is 0 Å². The van der Waals surface area contributed by atoms with Gasteiger partial charge >= 0.3 is 0 Å². The SMILES string of the molecule is C[C@@H](N)c1cc(Br)ccc1OC1CCOC1. The summed E-state index contributed by atoms with van der Waals surface area (Å²) in [5.74, 6) is 0.869. The molecule has 1 aliphatic rings. The van der Waals surface area contributed by atoms with Crippen LogP contribution >= 0.6 is 15.9 Å². The Morgan fingerprint density at radius 3 is 3.00 bits per heavy atom. The molecule has 1 saturated heterocycles. The second-order valence-corrected chi connectivity index (χ2v) is 4.99. The van der Waals surface area contributed by atoms with Gasteiger partial charge in [0.1, 0.15) is 11.9 Å². The van der Waals surface area contributed by atoms with Crippen molar-refractivity contribution < 1.29 is 9.47 Å². The smallest absolute Gasteiger partial charge is 0.124 e. The summed E-state index contributed by atoms with van der Waals surface area (Å²) in [7, 11) is 0. The molecule has 88 valence electrons. The number of hydrogen-bond acceptors (Lipinski definition) is 3. The first-order valence-corrected chi connectivity index (χ1v) is 6.25. The Labute approximate surface area is 104 Å². The molecule has 2 N–H and O–H groups in total. The van der Waals surface area contributed by atoms with Crippen molar-refractivity contribution in [3.8, 4) is 5.75 Å². The molecule has 0 aliphatic carbocycles. The van der Waals surface area contributed by atoms with Crippen LogP contribution in [-0.4, -0.2) is 19.3 Å². The van der Waals surface area contributed by atoms with Crippen LogP contribution in [0.3, 0.4) is 0 Å². The summed E-state index contributed by atoms with van der Waals surface area (Å²) in [6.07, 6.45) is 1.12. The number of hydrogen-bond donors (Lipinski definition) is 1. The third kappa shape index (κ3) is 2.75. The van der Waals surface area contributed by atoms with Crippen LogP contribution < -0.4 is 10.5 Å². The highest BCUT2D eigenvalue weighted by atomic mass is 79.9. The molecule has 1 aromatic rings. The molecule has 16 heavy (non-hydrogen) atoms. The van der Waals surface area contributed by atoms with Crippen LogP contribution in [0.4, 0.5) is 0 Å². The van der Waals surface area contributed by atoms with E-state index in [9.17, 15) is 0 Å². The van der Waals surface area contributed by atoms with E-state index in [1.54, 1.807) is 0 Å². The molecule has 1 aliphatic heterocycles. The van der Waals surface area contributed by atoms with Crippen molar-refractivity contribution >= 4 is 15.9 Å². The molecule has 0 bridgehead atoms. The van der Waals surface area contributed by atoms with Crippen LogP contribution in [0.1, 0.15) is 24.9 Å². The lowest BCUT2D eigenvalue weighted by atomic mass is 10.1. The fraction of sp³-hybridized carbons (Fsp3) is 0.500. The summed E-state index contributed by atoms with van der Waals surface area (Å²) in [4.78, 5) is 0. The molecule has 0 amide bonds. The summed E-state index contributed by atoms with van der Waals surface area (Å²) >= 11 is 3.44. The zero-order chi connectivity index (χ0) is 11.5. The number of benzene rings is 1. The maximum absolute atomic E-state index is 5.93. The largest absolute Gasteiger partial charge is 0.488 e. The second-order valence-electron chi connectivity index (χ2n) is 4.07. The maximum Gasteiger partial charge on any atom is 0.124 e. The van der Waals surface area contributed by atoms with Crippen molar-refractivity contribution in [2.75, 3.05) is 13.2 Å². The Balaban J connectivity index is 2.18. The minimum Gasteiger partial charge on any atom is -0.488 e. The fourth-order valence-corrected chi connectivity index (χ4v) is 2.15. The number of halogens is 1. The van der Waals surface area contributed by atoms with Crippen molar-refractivity contribution in [3.63, 3.8) is 0 Å². The van der Waals surface area contributed by atoms with Gasteiger partial charge in [-0.05, 0) is 25.1 Å². The van der Waals surface area contributed by atoms with Crippen LogP contribution in [0.25, 0.3) is 0 Å². The van der Waals surface area contributed by atoms with Crippen molar-refractivity contribution in [1.82, 2.24) is 0 Å². The summed E-state index contributed by atoms with van der Waals surface area (Å²) < 4.78 is 12.2. The predicted molar refractivity (Wildman–Crippen MR) is 66.6 cm³/mol. The van der Waals surface area contributed by atoms with E-state index in [0.717, 1.165) is 28.8 Å². The first-order valence-electron chi connectivity index (χ1n) is 5.46. The van der Waals surface area contributed by atoms with E-state index in [2.05, 4.69) is 15.9 Å². The van der Waals surface area contributed by atoms with Crippen LogP contribution in [0, 0.1) is 0 Å². The number of rotatable bonds is 3. The highest BCUT2D eigenvalue weighted by Crippen LogP contribution is 2.29. The quantitative estimate of drug-likeness (QED) is 0.929. The van der Waals surface area contributed by atoms with Gasteiger partial charge in [0.2, 0.25) is 0 Å². The summed E-state index contributed by atoms with van der Waals surface area (Å²) in [6.45, 7) is 3.42. The fourth-order valence-electron chi connectivity index (χ4n) is 1.77. The van der Waals surface area contributed by atoms with Crippen molar-refractivity contribution in [3.05, 3.63) is 28.2 Å². The van der Waals surface area contributed by atoms with Gasteiger partial charge in [0.25, 0.3) is 0 Å². The molecule has 1 heterocycles. The maximum atomic E-state index is 5.93. The highest BCUT2D eigenvalue weighted by molar-refractivity contribution is 9.10. The van der Waals surface area contributed by atoms with Crippen LogP contribution in [-0.2, 0) is 4.74 Å². The average Bonchev–Trinajstić information content (AvgIpc) is 2.73. The molecule has 0 radical (unpaired) electrons. The molecule has 3 nitrogen and oxygen atoms in total. The summed E-state index contributed by atoms with van der Waals surface area (Å²) in [5.41, 5.74) is 6.95. The third-order valence-electron chi connectivity index (χ3n) is 2.64. The lowest BCUT2D eigenvalue weighted by Gasteiger charge is -2.17. The Kier molecular flexibility index (Phi) is 3.84. The monoisotopic (exact) mass is 285 g/mol. The zero-order valence-electron chi connectivity index (χ0n) is 9.28. The first kappa shape index (κ1) is 11.9. The molecule has 0 spiro atoms. The van der Waals surface area contributed by atoms with Gasteiger partial charge in [-0.1, -0.05) is 15.9 Å². The Hall–Kier alpha value is -0.580. The van der Waals surface area contributed by atoms with E-state index in [1.807, 2.05) is 25.1 Å². The van der Waals surface area contributed by atoms with Crippen LogP contribution in [0.15, 0.2) is 22.7 Å². The molecule has 1 aromatic carbocycles. The van der Waals surface area contributed by atoms with Gasteiger partial charge in [-0.3, -0.25) is 0 Å². The first-order chi connectivity index (χ1) is 7.66. The van der Waals surface area contributed by atoms with E-state index in [1.165, 1.54) is 0 Å². The van der Waals surface area contributed by atoms with Crippen LogP contribution in [0.5, 0.6) is 5.75 Å². The van der Waals surface area contributed by atoms with Crippen molar-refractivity contribution in [2.45, 2.75) is 25.5 Å². The van der Waals surface area contributed by atoms with E-state index >= 15 is 0 Å². The van der Waals surface area contributed by atoms with E-state index in [4.69, 9.17) is 15.2 Å². The van der Waals surface area contributed by atoms with E-state index < -0.39 is 0 Å². The Bertz CT molecular complexity index is 362. The third-order valence-corrected chi connectivity index (χ3v) is 3.14. The van der Waals surface area contributed by atoms with Gasteiger partial charge in [0.05, 0.1) is 13.2 Å². The molecule has 4 heteroatoms. The topological polar surface area (TPSA) is 44.5 Å². The van der Waals surface area contributed by atoms with Gasteiger partial charge in [-0.25, -0.2) is 0 Å². The molecular formula is C12H16BrNO2. The van der Waals surface area contributed by atoms with Crippen LogP contribution in [0.2, 0.25) is 0 Å². The van der Waals surface area contributed by atoms with Crippen molar-refractivity contribution in [2.24, 2.45) is 5.73 Å². The second kappa shape index (κ2) is 5.17. The Morgan fingerprint density at radius 1 is 1.56 bits per heavy atom. The molecule has 2 atom stereocenters. The lowest BCUT2D eigenvalue weighted by Crippen LogP contribution is -2.18. The van der Waals surface area contributed by atoms with Gasteiger partial charge in [0.15, 0.2) is 0 Å².